The molecule has 4 rings (SSSR count). The fraction of sp³-hybridized carbons (Fsp3) is 0.261. The van der Waals surface area contributed by atoms with Crippen molar-refractivity contribution in [2.45, 2.75) is 32.4 Å². The molecule has 2 N–H and O–H groups in total. The van der Waals surface area contributed by atoms with Gasteiger partial charge in [-0.2, -0.15) is 4.98 Å². The number of pyridine rings is 1. The molecule has 0 aliphatic carbocycles. The second-order valence-electron chi connectivity index (χ2n) is 8.18. The predicted molar refractivity (Wildman–Crippen MR) is 124 cm³/mol. The number of ether oxygens (including phenoxy) is 1. The maximum Gasteiger partial charge on any atom is 0.280 e. The topological polar surface area (TPSA) is 85.1 Å². The molecule has 4 aromatic rings. The Kier molecular flexibility index (Phi) is 7.05. The second kappa shape index (κ2) is 10.00. The highest BCUT2D eigenvalue weighted by atomic mass is 32.2. The molecular formula is C23H22F3N5O2S. The van der Waals surface area contributed by atoms with Crippen LogP contribution in [0.1, 0.15) is 31.5 Å². The molecule has 0 atom stereocenters. The zero-order valence-electron chi connectivity index (χ0n) is 18.4. The first kappa shape index (κ1) is 24.0. The maximum absolute atomic E-state index is 13.8. The Labute approximate surface area is 198 Å². The number of benzene rings is 1. The van der Waals surface area contributed by atoms with Crippen molar-refractivity contribution >= 4 is 23.4 Å². The summed E-state index contributed by atoms with van der Waals surface area (Å²) in [7, 11) is 0. The molecule has 11 heteroatoms. The first-order valence-electron chi connectivity index (χ1n) is 10.4. The zero-order chi connectivity index (χ0) is 24.3. The molecular weight excluding hydrogens is 467 g/mol. The zero-order valence-corrected chi connectivity index (χ0v) is 19.2. The number of para-hydroxylation sites is 1. The monoisotopic (exact) mass is 489 g/mol. The van der Waals surface area contributed by atoms with Crippen molar-refractivity contribution in [3.63, 3.8) is 0 Å². The van der Waals surface area contributed by atoms with Crippen LogP contribution >= 0.6 is 12.3 Å². The maximum atomic E-state index is 13.8. The van der Waals surface area contributed by atoms with Gasteiger partial charge in [-0.1, -0.05) is 24.3 Å². The minimum absolute atomic E-state index is 0.0188. The normalized spacial score (nSPS) is 12.0. The smallest absolute Gasteiger partial charge is 0.280 e. The Bertz CT molecular complexity index is 1280. The molecule has 0 aliphatic heterocycles. The van der Waals surface area contributed by atoms with Crippen LogP contribution in [0.15, 0.2) is 54.7 Å². The van der Waals surface area contributed by atoms with E-state index in [4.69, 9.17) is 4.74 Å². The van der Waals surface area contributed by atoms with Crippen molar-refractivity contribution in [1.29, 1.82) is 0 Å². The lowest BCUT2D eigenvalue weighted by molar-refractivity contribution is 0.0795. The van der Waals surface area contributed by atoms with Gasteiger partial charge < -0.3 is 15.2 Å². The van der Waals surface area contributed by atoms with E-state index in [0.717, 1.165) is 0 Å². The molecule has 178 valence electrons. The van der Waals surface area contributed by atoms with Crippen molar-refractivity contribution < 1.29 is 22.5 Å². The molecule has 0 unspecified atom stereocenters. The van der Waals surface area contributed by atoms with Crippen molar-refractivity contribution in [3.8, 4) is 23.1 Å². The standard InChI is InChI=1S/C23H22F3N5O2S/c1-23(2,32)13-27-11-14-12-31(34-26)21-18(14)22(33-15-7-4-3-5-8-15)30-20(29-21)17-10-6-9-16(28-17)19(24)25/h3-10,12,19,27,32H,11,13H2,1-2H3. The first-order valence-corrected chi connectivity index (χ1v) is 11.0. The van der Waals surface area contributed by atoms with Crippen LogP contribution in [-0.4, -0.2) is 36.2 Å². The highest BCUT2D eigenvalue weighted by Gasteiger charge is 2.22. The fourth-order valence-electron chi connectivity index (χ4n) is 3.31. The van der Waals surface area contributed by atoms with E-state index in [1.165, 1.54) is 22.2 Å². The SMILES string of the molecule is CC(C)(O)CNCc1cn(SF)c2nc(-c3cccc(C(F)F)n3)nc(Oc3ccccc3)c12. The number of alkyl halides is 2. The van der Waals surface area contributed by atoms with Gasteiger partial charge in [-0.15, -0.1) is 3.89 Å². The lowest BCUT2D eigenvalue weighted by atomic mass is 10.1. The Morgan fingerprint density at radius 3 is 2.53 bits per heavy atom. The number of aromatic nitrogens is 4. The van der Waals surface area contributed by atoms with E-state index in [9.17, 15) is 17.8 Å². The van der Waals surface area contributed by atoms with Gasteiger partial charge in [0.1, 0.15) is 17.1 Å². The molecule has 0 bridgehead atoms. The van der Waals surface area contributed by atoms with Crippen LogP contribution in [0, 0.1) is 0 Å². The lowest BCUT2D eigenvalue weighted by Gasteiger charge is -2.17. The van der Waals surface area contributed by atoms with Crippen molar-refractivity contribution in [2.75, 3.05) is 6.54 Å². The van der Waals surface area contributed by atoms with E-state index in [-0.39, 0.29) is 41.9 Å². The number of halogens is 3. The average molecular weight is 490 g/mol. The van der Waals surface area contributed by atoms with Gasteiger partial charge in [0, 0.05) is 19.3 Å². The highest BCUT2D eigenvalue weighted by Crippen LogP contribution is 2.35. The predicted octanol–water partition coefficient (Wildman–Crippen LogP) is 5.46. The Balaban J connectivity index is 1.85. The van der Waals surface area contributed by atoms with E-state index in [0.29, 0.717) is 23.2 Å². The van der Waals surface area contributed by atoms with Crippen LogP contribution in [0.2, 0.25) is 0 Å². The summed E-state index contributed by atoms with van der Waals surface area (Å²) in [6.07, 6.45) is -1.21. The number of hydrogen-bond acceptors (Lipinski definition) is 7. The van der Waals surface area contributed by atoms with Crippen molar-refractivity contribution in [1.82, 2.24) is 24.2 Å². The molecule has 0 spiro atoms. The minimum atomic E-state index is -2.76. The lowest BCUT2D eigenvalue weighted by Crippen LogP contribution is -2.34. The molecule has 0 radical (unpaired) electrons. The van der Waals surface area contributed by atoms with E-state index in [2.05, 4.69) is 20.3 Å². The summed E-state index contributed by atoms with van der Waals surface area (Å²) in [5.41, 5.74) is -0.417. The van der Waals surface area contributed by atoms with Gasteiger partial charge >= 0.3 is 0 Å². The summed E-state index contributed by atoms with van der Waals surface area (Å²) in [5, 5.41) is 13.6. The third-order valence-electron chi connectivity index (χ3n) is 4.79. The quantitative estimate of drug-likeness (QED) is 0.323. The number of rotatable bonds is 9. The van der Waals surface area contributed by atoms with Crippen LogP contribution in [0.3, 0.4) is 0 Å². The van der Waals surface area contributed by atoms with Gasteiger partial charge in [-0.3, -0.25) is 0 Å². The van der Waals surface area contributed by atoms with Crippen molar-refractivity contribution in [2.24, 2.45) is 0 Å². The summed E-state index contributed by atoms with van der Waals surface area (Å²) >= 11 is -0.0617. The second-order valence-corrected chi connectivity index (χ2v) is 8.71. The molecule has 1 aromatic carbocycles. The molecule has 7 nitrogen and oxygen atoms in total. The van der Waals surface area contributed by atoms with Crippen molar-refractivity contribution in [3.05, 3.63) is 66.0 Å². The van der Waals surface area contributed by atoms with Gasteiger partial charge in [0.25, 0.3) is 6.43 Å². The summed E-state index contributed by atoms with van der Waals surface area (Å²) < 4.78 is 47.5. The van der Waals surface area contributed by atoms with Gasteiger partial charge in [0.05, 0.1) is 11.0 Å². The molecule has 0 fully saturated rings. The molecule has 34 heavy (non-hydrogen) atoms. The Hall–Kier alpha value is -3.15. The van der Waals surface area contributed by atoms with Crippen LogP contribution in [0.5, 0.6) is 11.6 Å². The van der Waals surface area contributed by atoms with E-state index in [1.807, 2.05) is 6.07 Å². The molecule has 3 aromatic heterocycles. The van der Waals surface area contributed by atoms with Crippen LogP contribution < -0.4 is 10.1 Å². The highest BCUT2D eigenvalue weighted by molar-refractivity contribution is 7.92. The summed E-state index contributed by atoms with van der Waals surface area (Å²) in [6, 6.07) is 13.0. The number of nitrogens with zero attached hydrogens (tertiary/aromatic N) is 4. The van der Waals surface area contributed by atoms with Gasteiger partial charge in [0.15, 0.2) is 23.8 Å². The van der Waals surface area contributed by atoms with E-state index in [1.54, 1.807) is 44.3 Å². The molecule has 0 amide bonds. The Morgan fingerprint density at radius 1 is 1.09 bits per heavy atom. The van der Waals surface area contributed by atoms with Crippen LogP contribution in [0.4, 0.5) is 12.7 Å². The molecule has 0 saturated carbocycles. The van der Waals surface area contributed by atoms with E-state index < -0.39 is 17.7 Å². The van der Waals surface area contributed by atoms with Crippen LogP contribution in [-0.2, 0) is 6.54 Å². The average Bonchev–Trinajstić information content (AvgIpc) is 3.17. The number of fused-ring (bicyclic) bond motifs is 1. The summed E-state index contributed by atoms with van der Waals surface area (Å²) in [6.45, 7) is 3.91. The minimum Gasteiger partial charge on any atom is -0.438 e. The van der Waals surface area contributed by atoms with E-state index >= 15 is 0 Å². The molecule has 0 aliphatic rings. The largest absolute Gasteiger partial charge is 0.438 e. The van der Waals surface area contributed by atoms with Gasteiger partial charge in [-0.05, 0) is 43.7 Å². The number of hydrogen-bond donors (Lipinski definition) is 2. The molecule has 0 saturated heterocycles. The van der Waals surface area contributed by atoms with Gasteiger partial charge in [-0.25, -0.2) is 22.7 Å². The Morgan fingerprint density at radius 2 is 1.85 bits per heavy atom. The third-order valence-corrected chi connectivity index (χ3v) is 5.22. The third kappa shape index (κ3) is 5.49. The van der Waals surface area contributed by atoms with Gasteiger partial charge in [0.2, 0.25) is 5.88 Å². The number of aliphatic hydroxyl groups is 1. The number of nitrogens with one attached hydrogen (secondary N) is 1. The van der Waals surface area contributed by atoms with Crippen LogP contribution in [0.25, 0.3) is 22.6 Å². The summed E-state index contributed by atoms with van der Waals surface area (Å²) in [4.78, 5) is 12.8. The fourth-order valence-corrected chi connectivity index (χ4v) is 3.68. The summed E-state index contributed by atoms with van der Waals surface area (Å²) in [5.74, 6) is 0.632. The molecule has 3 heterocycles. The first-order chi connectivity index (χ1) is 16.2.